The van der Waals surface area contributed by atoms with E-state index in [1.165, 1.54) is 52.6 Å². The first-order valence-electron chi connectivity index (χ1n) is 11.2. The molecule has 0 fully saturated rings. The smallest absolute Gasteiger partial charge is 0.0406 e. The molecule has 2 aliphatic carbocycles. The molecule has 0 nitrogen and oxygen atoms in total. The molecule has 1 heteroatoms. The van der Waals surface area contributed by atoms with Crippen molar-refractivity contribution in [2.45, 2.75) is 45.4 Å². The second kappa shape index (κ2) is 7.43. The van der Waals surface area contributed by atoms with E-state index >= 15 is 0 Å². The molecule has 0 heterocycles. The van der Waals surface area contributed by atoms with Crippen LogP contribution in [0.3, 0.4) is 0 Å². The Morgan fingerprint density at radius 2 is 1.60 bits per heavy atom. The van der Waals surface area contributed by atoms with Gasteiger partial charge in [0.1, 0.15) is 0 Å². The molecule has 0 bridgehead atoms. The molecule has 30 heavy (non-hydrogen) atoms. The van der Waals surface area contributed by atoms with Crippen LogP contribution in [-0.2, 0) is 5.41 Å². The van der Waals surface area contributed by atoms with Gasteiger partial charge < -0.3 is 0 Å². The van der Waals surface area contributed by atoms with Crippen molar-refractivity contribution in [1.82, 2.24) is 0 Å². The van der Waals surface area contributed by atoms with Crippen molar-refractivity contribution in [2.24, 2.45) is 11.8 Å². The van der Waals surface area contributed by atoms with E-state index < -0.39 is 0 Å². The molecule has 0 radical (unpaired) electrons. The number of hydrogen-bond donors (Lipinski definition) is 0. The zero-order valence-corrected chi connectivity index (χ0v) is 18.8. The predicted octanol–water partition coefficient (Wildman–Crippen LogP) is 8.68. The maximum absolute atomic E-state index is 6.18. The summed E-state index contributed by atoms with van der Waals surface area (Å²) < 4.78 is 0. The first-order valence-corrected chi connectivity index (χ1v) is 11.6. The van der Waals surface area contributed by atoms with E-state index in [9.17, 15) is 0 Å². The maximum Gasteiger partial charge on any atom is 0.0406 e. The van der Waals surface area contributed by atoms with Gasteiger partial charge in [0.25, 0.3) is 0 Å². The molecule has 0 spiro atoms. The molecular formula is C29H29Cl. The number of benzene rings is 3. The van der Waals surface area contributed by atoms with Crippen LogP contribution in [0, 0.1) is 11.8 Å². The van der Waals surface area contributed by atoms with Crippen LogP contribution in [0.25, 0.3) is 22.3 Å². The highest BCUT2D eigenvalue weighted by Crippen LogP contribution is 2.57. The van der Waals surface area contributed by atoms with Crippen molar-refractivity contribution >= 4 is 11.6 Å². The molecular weight excluding hydrogens is 384 g/mol. The van der Waals surface area contributed by atoms with Gasteiger partial charge in [-0.25, -0.2) is 0 Å². The molecule has 152 valence electrons. The minimum absolute atomic E-state index is 0.0591. The Labute approximate surface area is 185 Å². The normalized spacial score (nSPS) is 24.9. The Morgan fingerprint density at radius 1 is 0.900 bits per heavy atom. The number of rotatable bonds is 3. The van der Waals surface area contributed by atoms with E-state index in [4.69, 9.17) is 11.6 Å². The van der Waals surface area contributed by atoms with Crippen LogP contribution in [0.2, 0.25) is 5.02 Å². The van der Waals surface area contributed by atoms with Crippen LogP contribution in [0.5, 0.6) is 0 Å². The van der Waals surface area contributed by atoms with E-state index in [-0.39, 0.29) is 5.41 Å². The van der Waals surface area contributed by atoms with Gasteiger partial charge in [0.15, 0.2) is 0 Å². The zero-order valence-electron chi connectivity index (χ0n) is 18.1. The van der Waals surface area contributed by atoms with Gasteiger partial charge >= 0.3 is 0 Å². The van der Waals surface area contributed by atoms with Crippen LogP contribution < -0.4 is 0 Å². The molecule has 0 aliphatic heterocycles. The largest absolute Gasteiger partial charge is 0.0843 e. The lowest BCUT2D eigenvalue weighted by atomic mass is 9.66. The highest BCUT2D eigenvalue weighted by Gasteiger charge is 2.44. The topological polar surface area (TPSA) is 0 Å². The second-order valence-corrected chi connectivity index (χ2v) is 9.73. The lowest BCUT2D eigenvalue weighted by Crippen LogP contribution is -2.28. The minimum Gasteiger partial charge on any atom is -0.0843 e. The summed E-state index contributed by atoms with van der Waals surface area (Å²) in [5.74, 6) is 1.43. The Kier molecular flexibility index (Phi) is 4.86. The average Bonchev–Trinajstić information content (AvgIpc) is 3.04. The highest BCUT2D eigenvalue weighted by atomic mass is 35.5. The standard InChI is InChI=1S/C29H29Cl/c1-4-20-16-19(2)17-22(18-20)29(3)26-10-6-5-8-25(26)28-24(9-7-11-27(28)29)21-12-14-23(30)15-13-21/h5-15,17,19-20H,4,16,18H2,1-3H3. The summed E-state index contributed by atoms with van der Waals surface area (Å²) >= 11 is 6.18. The van der Waals surface area contributed by atoms with Crippen molar-refractivity contribution in [3.8, 4) is 22.3 Å². The van der Waals surface area contributed by atoms with Gasteiger partial charge in [0, 0.05) is 10.4 Å². The Balaban J connectivity index is 1.76. The van der Waals surface area contributed by atoms with E-state index in [0.717, 1.165) is 10.9 Å². The molecule has 0 amide bonds. The van der Waals surface area contributed by atoms with Crippen molar-refractivity contribution in [3.63, 3.8) is 0 Å². The summed E-state index contributed by atoms with van der Waals surface area (Å²) in [6.07, 6.45) is 6.36. The Bertz CT molecular complexity index is 1120. The molecule has 3 aromatic rings. The van der Waals surface area contributed by atoms with E-state index in [2.05, 4.69) is 81.4 Å². The van der Waals surface area contributed by atoms with Crippen molar-refractivity contribution in [2.75, 3.05) is 0 Å². The third-order valence-corrected chi connectivity index (χ3v) is 7.66. The van der Waals surface area contributed by atoms with Crippen LogP contribution in [-0.4, -0.2) is 0 Å². The molecule has 0 saturated heterocycles. The summed E-state index contributed by atoms with van der Waals surface area (Å²) in [6, 6.07) is 24.2. The van der Waals surface area contributed by atoms with Gasteiger partial charge in [0.05, 0.1) is 0 Å². The summed E-state index contributed by atoms with van der Waals surface area (Å²) in [5.41, 5.74) is 9.76. The fourth-order valence-corrected chi connectivity index (χ4v) is 5.96. The van der Waals surface area contributed by atoms with E-state index in [0.29, 0.717) is 5.92 Å². The number of hydrogen-bond acceptors (Lipinski definition) is 0. The van der Waals surface area contributed by atoms with Gasteiger partial charge in [-0.2, -0.15) is 0 Å². The summed E-state index contributed by atoms with van der Waals surface area (Å²) in [6.45, 7) is 7.19. The highest BCUT2D eigenvalue weighted by molar-refractivity contribution is 6.30. The number of halogens is 1. The van der Waals surface area contributed by atoms with Crippen LogP contribution in [0.15, 0.2) is 78.4 Å². The van der Waals surface area contributed by atoms with Gasteiger partial charge in [-0.3, -0.25) is 0 Å². The molecule has 0 aromatic heterocycles. The summed E-state index contributed by atoms with van der Waals surface area (Å²) in [5, 5.41) is 0.781. The lowest BCUT2D eigenvalue weighted by Gasteiger charge is -2.37. The van der Waals surface area contributed by atoms with Gasteiger partial charge in [-0.15, -0.1) is 0 Å². The van der Waals surface area contributed by atoms with E-state index in [1.807, 2.05) is 12.1 Å². The molecule has 3 unspecified atom stereocenters. The van der Waals surface area contributed by atoms with Crippen LogP contribution in [0.4, 0.5) is 0 Å². The average molecular weight is 413 g/mol. The molecule has 3 aromatic carbocycles. The van der Waals surface area contributed by atoms with Crippen LogP contribution >= 0.6 is 11.6 Å². The molecule has 0 saturated carbocycles. The first kappa shape index (κ1) is 19.6. The monoisotopic (exact) mass is 412 g/mol. The fourth-order valence-electron chi connectivity index (χ4n) is 5.84. The molecule has 0 N–H and O–H groups in total. The number of allylic oxidation sites excluding steroid dienone is 2. The lowest BCUT2D eigenvalue weighted by molar-refractivity contribution is 0.373. The van der Waals surface area contributed by atoms with Crippen molar-refractivity contribution in [1.29, 1.82) is 0 Å². The number of fused-ring (bicyclic) bond motifs is 3. The Morgan fingerprint density at radius 3 is 2.37 bits per heavy atom. The maximum atomic E-state index is 6.18. The van der Waals surface area contributed by atoms with E-state index in [1.54, 1.807) is 5.57 Å². The van der Waals surface area contributed by atoms with Crippen molar-refractivity contribution < 1.29 is 0 Å². The molecule has 2 aliphatic rings. The fraction of sp³-hybridized carbons (Fsp3) is 0.310. The quantitative estimate of drug-likeness (QED) is 0.377. The molecule has 5 rings (SSSR count). The van der Waals surface area contributed by atoms with Crippen molar-refractivity contribution in [3.05, 3.63) is 94.5 Å². The van der Waals surface area contributed by atoms with Gasteiger partial charge in [-0.05, 0) is 77.1 Å². The van der Waals surface area contributed by atoms with Crippen LogP contribution in [0.1, 0.15) is 51.2 Å². The predicted molar refractivity (Wildman–Crippen MR) is 129 cm³/mol. The first-order chi connectivity index (χ1) is 14.5. The second-order valence-electron chi connectivity index (χ2n) is 9.29. The Hall–Kier alpha value is -2.31. The third-order valence-electron chi connectivity index (χ3n) is 7.41. The third kappa shape index (κ3) is 2.96. The zero-order chi connectivity index (χ0) is 20.9. The van der Waals surface area contributed by atoms with Gasteiger partial charge in [-0.1, -0.05) is 98.1 Å². The molecule has 3 atom stereocenters. The van der Waals surface area contributed by atoms with Gasteiger partial charge in [0.2, 0.25) is 0 Å². The summed E-state index contributed by atoms with van der Waals surface area (Å²) in [7, 11) is 0. The summed E-state index contributed by atoms with van der Waals surface area (Å²) in [4.78, 5) is 0. The SMILES string of the molecule is CCC1CC(C2(C)c3ccccc3-c3c(-c4ccc(Cl)cc4)cccc32)=CC(C)C1. The minimum atomic E-state index is -0.0591.